The van der Waals surface area contributed by atoms with E-state index in [0.717, 1.165) is 32.1 Å². The van der Waals surface area contributed by atoms with Gasteiger partial charge in [0.05, 0.1) is 0 Å². The van der Waals surface area contributed by atoms with E-state index < -0.39 is 0 Å². The van der Waals surface area contributed by atoms with Crippen molar-refractivity contribution in [2.75, 3.05) is 13.1 Å². The fraction of sp³-hybridized carbons (Fsp3) is 0.571. The van der Waals surface area contributed by atoms with Crippen molar-refractivity contribution in [3.8, 4) is 0 Å². The first kappa shape index (κ1) is 11.6. The van der Waals surface area contributed by atoms with Crippen LogP contribution in [0.3, 0.4) is 0 Å². The summed E-state index contributed by atoms with van der Waals surface area (Å²) in [6.07, 6.45) is 3.86. The molecule has 0 aliphatic heterocycles. The maximum atomic E-state index is 5.59. The Kier molecular flexibility index (Phi) is 3.97. The minimum absolute atomic E-state index is 0.803. The predicted molar refractivity (Wildman–Crippen MR) is 68.3 cm³/mol. The van der Waals surface area contributed by atoms with Crippen LogP contribution < -0.4 is 5.73 Å². The zero-order valence-corrected chi connectivity index (χ0v) is 10.2. The molecule has 2 nitrogen and oxygen atoms in total. The van der Waals surface area contributed by atoms with Crippen LogP contribution in [-0.2, 0) is 6.54 Å². The summed E-state index contributed by atoms with van der Waals surface area (Å²) in [5, 5.41) is 0. The van der Waals surface area contributed by atoms with Crippen LogP contribution in [0.2, 0.25) is 0 Å². The summed E-state index contributed by atoms with van der Waals surface area (Å²) >= 11 is 0. The third-order valence-corrected chi connectivity index (χ3v) is 3.18. The van der Waals surface area contributed by atoms with Crippen LogP contribution in [0.15, 0.2) is 24.3 Å². The monoisotopic (exact) mass is 218 g/mol. The SMILES string of the molecule is Cc1cccc(CN(CCCN)C2CC2)c1. The lowest BCUT2D eigenvalue weighted by molar-refractivity contribution is 0.253. The van der Waals surface area contributed by atoms with Gasteiger partial charge in [0.25, 0.3) is 0 Å². The normalized spacial score (nSPS) is 15.7. The van der Waals surface area contributed by atoms with E-state index in [1.165, 1.54) is 24.0 Å². The molecule has 0 radical (unpaired) electrons. The third-order valence-electron chi connectivity index (χ3n) is 3.18. The van der Waals surface area contributed by atoms with Gasteiger partial charge in [-0.2, -0.15) is 0 Å². The summed E-state index contributed by atoms with van der Waals surface area (Å²) in [5.74, 6) is 0. The van der Waals surface area contributed by atoms with Gasteiger partial charge < -0.3 is 5.73 Å². The van der Waals surface area contributed by atoms with E-state index in [1.807, 2.05) is 0 Å². The lowest BCUT2D eigenvalue weighted by Gasteiger charge is -2.21. The van der Waals surface area contributed by atoms with Crippen molar-refractivity contribution in [1.82, 2.24) is 4.90 Å². The Bertz CT molecular complexity index is 331. The van der Waals surface area contributed by atoms with Gasteiger partial charge in [0.2, 0.25) is 0 Å². The molecule has 1 fully saturated rings. The second-order valence-corrected chi connectivity index (χ2v) is 4.83. The maximum absolute atomic E-state index is 5.59. The van der Waals surface area contributed by atoms with Crippen molar-refractivity contribution in [2.45, 2.75) is 38.8 Å². The van der Waals surface area contributed by atoms with Crippen LogP contribution >= 0.6 is 0 Å². The number of nitrogens with zero attached hydrogens (tertiary/aromatic N) is 1. The van der Waals surface area contributed by atoms with Crippen LogP contribution in [0, 0.1) is 6.92 Å². The van der Waals surface area contributed by atoms with Crippen LogP contribution in [0.4, 0.5) is 0 Å². The predicted octanol–water partition coefficient (Wildman–Crippen LogP) is 2.31. The minimum Gasteiger partial charge on any atom is -0.330 e. The highest BCUT2D eigenvalue weighted by molar-refractivity contribution is 5.22. The molecular formula is C14H22N2. The number of benzene rings is 1. The second kappa shape index (κ2) is 5.46. The Morgan fingerprint density at radius 3 is 2.81 bits per heavy atom. The molecular weight excluding hydrogens is 196 g/mol. The van der Waals surface area contributed by atoms with E-state index >= 15 is 0 Å². The summed E-state index contributed by atoms with van der Waals surface area (Å²) in [6, 6.07) is 9.65. The highest BCUT2D eigenvalue weighted by Crippen LogP contribution is 2.28. The molecule has 2 heteroatoms. The zero-order chi connectivity index (χ0) is 11.4. The molecule has 1 aromatic carbocycles. The zero-order valence-electron chi connectivity index (χ0n) is 10.2. The fourth-order valence-electron chi connectivity index (χ4n) is 2.17. The van der Waals surface area contributed by atoms with Crippen LogP contribution in [0.25, 0.3) is 0 Å². The molecule has 88 valence electrons. The molecule has 2 N–H and O–H groups in total. The van der Waals surface area contributed by atoms with Crippen molar-refractivity contribution in [3.63, 3.8) is 0 Å². The van der Waals surface area contributed by atoms with E-state index in [1.54, 1.807) is 0 Å². The smallest absolute Gasteiger partial charge is 0.0236 e. The van der Waals surface area contributed by atoms with Gasteiger partial charge in [0.15, 0.2) is 0 Å². The Hall–Kier alpha value is -0.860. The molecule has 2 rings (SSSR count). The molecule has 0 amide bonds. The van der Waals surface area contributed by atoms with E-state index in [0.29, 0.717) is 0 Å². The average Bonchev–Trinajstić information content (AvgIpc) is 3.08. The van der Waals surface area contributed by atoms with E-state index in [2.05, 4.69) is 36.1 Å². The van der Waals surface area contributed by atoms with E-state index in [9.17, 15) is 0 Å². The van der Waals surface area contributed by atoms with Gasteiger partial charge in [-0.15, -0.1) is 0 Å². The molecule has 0 atom stereocenters. The second-order valence-electron chi connectivity index (χ2n) is 4.83. The largest absolute Gasteiger partial charge is 0.330 e. The van der Waals surface area contributed by atoms with Gasteiger partial charge in [-0.1, -0.05) is 29.8 Å². The Morgan fingerprint density at radius 2 is 2.19 bits per heavy atom. The maximum Gasteiger partial charge on any atom is 0.0236 e. The number of aryl methyl sites for hydroxylation is 1. The average molecular weight is 218 g/mol. The van der Waals surface area contributed by atoms with E-state index in [-0.39, 0.29) is 0 Å². The summed E-state index contributed by atoms with van der Waals surface area (Å²) in [4.78, 5) is 2.58. The summed E-state index contributed by atoms with van der Waals surface area (Å²) in [7, 11) is 0. The van der Waals surface area contributed by atoms with Crippen LogP contribution in [0.1, 0.15) is 30.4 Å². The van der Waals surface area contributed by atoms with Crippen molar-refractivity contribution in [1.29, 1.82) is 0 Å². The molecule has 0 bridgehead atoms. The first-order chi connectivity index (χ1) is 7.79. The first-order valence-electron chi connectivity index (χ1n) is 6.29. The van der Waals surface area contributed by atoms with Crippen LogP contribution in [-0.4, -0.2) is 24.0 Å². The molecule has 1 aliphatic carbocycles. The number of hydrogen-bond acceptors (Lipinski definition) is 2. The molecule has 1 aliphatic rings. The lowest BCUT2D eigenvalue weighted by Crippen LogP contribution is -2.28. The minimum atomic E-state index is 0.803. The van der Waals surface area contributed by atoms with Crippen molar-refractivity contribution >= 4 is 0 Å². The summed E-state index contributed by atoms with van der Waals surface area (Å²) < 4.78 is 0. The number of rotatable bonds is 6. The van der Waals surface area contributed by atoms with Gasteiger partial charge in [-0.05, 0) is 44.8 Å². The van der Waals surface area contributed by atoms with Gasteiger partial charge in [0, 0.05) is 12.6 Å². The van der Waals surface area contributed by atoms with Gasteiger partial charge in [0.1, 0.15) is 0 Å². The molecule has 0 spiro atoms. The molecule has 0 saturated heterocycles. The highest BCUT2D eigenvalue weighted by atomic mass is 15.2. The molecule has 1 aromatic rings. The van der Waals surface area contributed by atoms with E-state index in [4.69, 9.17) is 5.73 Å². The summed E-state index contributed by atoms with van der Waals surface area (Å²) in [5.41, 5.74) is 8.38. The standard InChI is InChI=1S/C14H22N2/c1-12-4-2-5-13(10-12)11-16(9-3-8-15)14-6-7-14/h2,4-5,10,14H,3,6-9,11,15H2,1H3. The molecule has 16 heavy (non-hydrogen) atoms. The van der Waals surface area contributed by atoms with Crippen LogP contribution in [0.5, 0.6) is 0 Å². The Labute approximate surface area is 98.4 Å². The van der Waals surface area contributed by atoms with Crippen molar-refractivity contribution in [3.05, 3.63) is 35.4 Å². The van der Waals surface area contributed by atoms with Gasteiger partial charge >= 0.3 is 0 Å². The van der Waals surface area contributed by atoms with Gasteiger partial charge in [-0.25, -0.2) is 0 Å². The Morgan fingerprint density at radius 1 is 1.38 bits per heavy atom. The molecule has 0 unspecified atom stereocenters. The molecule has 0 aromatic heterocycles. The van der Waals surface area contributed by atoms with Crippen molar-refractivity contribution < 1.29 is 0 Å². The highest BCUT2D eigenvalue weighted by Gasteiger charge is 2.28. The van der Waals surface area contributed by atoms with Crippen molar-refractivity contribution in [2.24, 2.45) is 5.73 Å². The van der Waals surface area contributed by atoms with Gasteiger partial charge in [-0.3, -0.25) is 4.90 Å². The third kappa shape index (κ3) is 3.32. The summed E-state index contributed by atoms with van der Waals surface area (Å²) in [6.45, 7) is 5.20. The quantitative estimate of drug-likeness (QED) is 0.794. The fourth-order valence-corrected chi connectivity index (χ4v) is 2.17. The molecule has 1 saturated carbocycles. The topological polar surface area (TPSA) is 29.3 Å². The number of hydrogen-bond donors (Lipinski definition) is 1. The first-order valence-corrected chi connectivity index (χ1v) is 6.29. The molecule has 0 heterocycles. The Balaban J connectivity index is 1.94. The lowest BCUT2D eigenvalue weighted by atomic mass is 10.1. The number of nitrogens with two attached hydrogens (primary N) is 1.